The summed E-state index contributed by atoms with van der Waals surface area (Å²) < 4.78 is 10.9. The van der Waals surface area contributed by atoms with Gasteiger partial charge >= 0.3 is 0 Å². The number of amides is 1. The van der Waals surface area contributed by atoms with Crippen molar-refractivity contribution in [2.45, 2.75) is 20.5 Å². The highest BCUT2D eigenvalue weighted by molar-refractivity contribution is 6.30. The van der Waals surface area contributed by atoms with Gasteiger partial charge < -0.3 is 14.6 Å². The van der Waals surface area contributed by atoms with Crippen molar-refractivity contribution in [3.05, 3.63) is 76.1 Å². The predicted molar refractivity (Wildman–Crippen MR) is 96.2 cm³/mol. The molecule has 1 amide bonds. The highest BCUT2D eigenvalue weighted by Crippen LogP contribution is 2.21. The van der Waals surface area contributed by atoms with E-state index in [0.29, 0.717) is 27.8 Å². The van der Waals surface area contributed by atoms with Gasteiger partial charge in [0.1, 0.15) is 18.1 Å². The summed E-state index contributed by atoms with van der Waals surface area (Å²) in [6.45, 7) is 3.86. The zero-order chi connectivity index (χ0) is 17.8. The van der Waals surface area contributed by atoms with Crippen molar-refractivity contribution >= 4 is 23.2 Å². The van der Waals surface area contributed by atoms with Gasteiger partial charge in [0.2, 0.25) is 0 Å². The lowest BCUT2D eigenvalue weighted by atomic mass is 10.2. The third-order valence-corrected chi connectivity index (χ3v) is 3.89. The fourth-order valence-corrected chi connectivity index (χ4v) is 2.55. The SMILES string of the molecule is Cc1cccc(NC(=O)c2noc(C)c2COc2cccc(Cl)c2)c1. The van der Waals surface area contributed by atoms with Crippen molar-refractivity contribution in [3.63, 3.8) is 0 Å². The van der Waals surface area contributed by atoms with E-state index < -0.39 is 0 Å². The van der Waals surface area contributed by atoms with E-state index in [1.807, 2.05) is 31.2 Å². The third kappa shape index (κ3) is 4.19. The summed E-state index contributed by atoms with van der Waals surface area (Å²) in [7, 11) is 0. The quantitative estimate of drug-likeness (QED) is 0.714. The first kappa shape index (κ1) is 17.0. The van der Waals surface area contributed by atoms with E-state index in [2.05, 4.69) is 10.5 Å². The van der Waals surface area contributed by atoms with Crippen LogP contribution in [0.1, 0.15) is 27.4 Å². The molecule has 0 bridgehead atoms. The summed E-state index contributed by atoms with van der Waals surface area (Å²) in [5, 5.41) is 7.27. The molecule has 0 atom stereocenters. The molecule has 6 heteroatoms. The molecule has 0 fully saturated rings. The third-order valence-electron chi connectivity index (χ3n) is 3.65. The van der Waals surface area contributed by atoms with Crippen LogP contribution in [0.25, 0.3) is 0 Å². The van der Waals surface area contributed by atoms with Crippen LogP contribution in [0.4, 0.5) is 5.69 Å². The lowest BCUT2D eigenvalue weighted by molar-refractivity contribution is 0.101. The molecule has 5 nitrogen and oxygen atoms in total. The van der Waals surface area contributed by atoms with Gasteiger partial charge in [-0.15, -0.1) is 0 Å². The van der Waals surface area contributed by atoms with Crippen LogP contribution < -0.4 is 10.1 Å². The summed E-state index contributed by atoms with van der Waals surface area (Å²) in [5.41, 5.74) is 2.57. The van der Waals surface area contributed by atoms with Crippen LogP contribution in [0, 0.1) is 13.8 Å². The van der Waals surface area contributed by atoms with E-state index in [-0.39, 0.29) is 18.2 Å². The molecule has 3 rings (SSSR count). The predicted octanol–water partition coefficient (Wildman–Crippen LogP) is 4.78. The Morgan fingerprint density at radius 2 is 2.00 bits per heavy atom. The molecule has 2 aromatic carbocycles. The number of ether oxygens (including phenoxy) is 1. The van der Waals surface area contributed by atoms with Crippen LogP contribution in [-0.4, -0.2) is 11.1 Å². The van der Waals surface area contributed by atoms with Gasteiger partial charge in [0.05, 0.1) is 5.56 Å². The lowest BCUT2D eigenvalue weighted by Gasteiger charge is -2.08. The number of hydrogen-bond donors (Lipinski definition) is 1. The number of hydrogen-bond acceptors (Lipinski definition) is 4. The molecule has 0 radical (unpaired) electrons. The Hall–Kier alpha value is -2.79. The Balaban J connectivity index is 1.75. The van der Waals surface area contributed by atoms with E-state index in [9.17, 15) is 4.79 Å². The smallest absolute Gasteiger partial charge is 0.278 e. The molecule has 1 aromatic heterocycles. The first-order chi connectivity index (χ1) is 12.0. The van der Waals surface area contributed by atoms with Crippen LogP contribution in [0.5, 0.6) is 5.75 Å². The Bertz CT molecular complexity index is 905. The van der Waals surface area contributed by atoms with Gasteiger partial charge in [-0.05, 0) is 49.7 Å². The molecular weight excluding hydrogens is 340 g/mol. The van der Waals surface area contributed by atoms with E-state index in [0.717, 1.165) is 5.56 Å². The number of rotatable bonds is 5. The largest absolute Gasteiger partial charge is 0.489 e. The number of carbonyl (C=O) groups excluding carboxylic acids is 1. The molecule has 128 valence electrons. The number of nitrogens with zero attached hydrogens (tertiary/aromatic N) is 1. The topological polar surface area (TPSA) is 64.4 Å². The second kappa shape index (κ2) is 7.40. The Kier molecular flexibility index (Phi) is 5.05. The highest BCUT2D eigenvalue weighted by atomic mass is 35.5. The van der Waals surface area contributed by atoms with Crippen molar-refractivity contribution < 1.29 is 14.1 Å². The van der Waals surface area contributed by atoms with Crippen LogP contribution in [0.15, 0.2) is 53.1 Å². The van der Waals surface area contributed by atoms with E-state index in [1.54, 1.807) is 31.2 Å². The average Bonchev–Trinajstić information content (AvgIpc) is 2.94. The summed E-state index contributed by atoms with van der Waals surface area (Å²) in [5.74, 6) is 0.807. The van der Waals surface area contributed by atoms with Gasteiger partial charge in [0.15, 0.2) is 5.69 Å². The molecule has 0 saturated heterocycles. The molecule has 0 unspecified atom stereocenters. The summed E-state index contributed by atoms with van der Waals surface area (Å²) in [4.78, 5) is 12.5. The summed E-state index contributed by atoms with van der Waals surface area (Å²) >= 11 is 5.95. The van der Waals surface area contributed by atoms with Gasteiger partial charge in [0.25, 0.3) is 5.91 Å². The molecule has 3 aromatic rings. The summed E-state index contributed by atoms with van der Waals surface area (Å²) in [6.07, 6.45) is 0. The minimum Gasteiger partial charge on any atom is -0.489 e. The maximum atomic E-state index is 12.5. The molecule has 0 aliphatic rings. The van der Waals surface area contributed by atoms with Gasteiger partial charge in [-0.3, -0.25) is 4.79 Å². The highest BCUT2D eigenvalue weighted by Gasteiger charge is 2.20. The molecule has 1 heterocycles. The van der Waals surface area contributed by atoms with Crippen molar-refractivity contribution in [2.75, 3.05) is 5.32 Å². The van der Waals surface area contributed by atoms with Crippen LogP contribution >= 0.6 is 11.6 Å². The molecule has 0 aliphatic carbocycles. The van der Waals surface area contributed by atoms with Gasteiger partial charge in [-0.1, -0.05) is 35.0 Å². The standard InChI is InChI=1S/C19H17ClN2O3/c1-12-5-3-7-15(9-12)21-19(23)18-17(13(2)25-22-18)11-24-16-8-4-6-14(20)10-16/h3-10H,11H2,1-2H3,(H,21,23). The first-order valence-corrected chi connectivity index (χ1v) is 8.12. The molecular formula is C19H17ClN2O3. The molecule has 1 N–H and O–H groups in total. The van der Waals surface area contributed by atoms with Crippen molar-refractivity contribution in [1.82, 2.24) is 5.16 Å². The van der Waals surface area contributed by atoms with Crippen LogP contribution in [0.3, 0.4) is 0 Å². The first-order valence-electron chi connectivity index (χ1n) is 7.74. The number of aryl methyl sites for hydroxylation is 2. The van der Waals surface area contributed by atoms with Gasteiger partial charge in [-0.25, -0.2) is 0 Å². The van der Waals surface area contributed by atoms with Crippen molar-refractivity contribution in [3.8, 4) is 5.75 Å². The summed E-state index contributed by atoms with van der Waals surface area (Å²) in [6, 6.07) is 14.6. The second-order valence-corrected chi connectivity index (χ2v) is 6.07. The van der Waals surface area contributed by atoms with Crippen molar-refractivity contribution in [2.24, 2.45) is 0 Å². The fourth-order valence-electron chi connectivity index (χ4n) is 2.36. The Morgan fingerprint density at radius 1 is 1.20 bits per heavy atom. The lowest BCUT2D eigenvalue weighted by Crippen LogP contribution is -2.15. The number of benzene rings is 2. The number of carbonyl (C=O) groups is 1. The molecule has 0 aliphatic heterocycles. The van der Waals surface area contributed by atoms with Gasteiger partial charge in [-0.2, -0.15) is 0 Å². The van der Waals surface area contributed by atoms with Crippen LogP contribution in [-0.2, 0) is 6.61 Å². The van der Waals surface area contributed by atoms with Crippen LogP contribution in [0.2, 0.25) is 5.02 Å². The van der Waals surface area contributed by atoms with Gasteiger partial charge in [0, 0.05) is 10.7 Å². The monoisotopic (exact) mass is 356 g/mol. The van der Waals surface area contributed by atoms with E-state index in [1.165, 1.54) is 0 Å². The van der Waals surface area contributed by atoms with E-state index in [4.69, 9.17) is 20.9 Å². The minimum absolute atomic E-state index is 0.159. The molecule has 0 saturated carbocycles. The number of anilines is 1. The number of nitrogens with one attached hydrogen (secondary N) is 1. The average molecular weight is 357 g/mol. The fraction of sp³-hybridized carbons (Fsp3) is 0.158. The van der Waals surface area contributed by atoms with E-state index >= 15 is 0 Å². The van der Waals surface area contributed by atoms with Crippen molar-refractivity contribution in [1.29, 1.82) is 0 Å². The Morgan fingerprint density at radius 3 is 2.76 bits per heavy atom. The number of aromatic nitrogens is 1. The minimum atomic E-state index is -0.341. The number of halogens is 1. The maximum Gasteiger partial charge on any atom is 0.278 e. The zero-order valence-corrected chi connectivity index (χ0v) is 14.6. The molecule has 0 spiro atoms. The Labute approximate surface area is 150 Å². The second-order valence-electron chi connectivity index (χ2n) is 5.64. The maximum absolute atomic E-state index is 12.5. The molecule has 25 heavy (non-hydrogen) atoms. The zero-order valence-electron chi connectivity index (χ0n) is 13.9. The normalized spacial score (nSPS) is 10.5.